The second kappa shape index (κ2) is 6.06. The molecule has 0 unspecified atom stereocenters. The Balaban J connectivity index is 3.25. The van der Waals surface area contributed by atoms with Crippen molar-refractivity contribution in [1.29, 1.82) is 0 Å². The molecule has 0 aliphatic heterocycles. The number of allylic oxidation sites excluding steroid dienone is 1. The Hall–Kier alpha value is -0.500. The summed E-state index contributed by atoms with van der Waals surface area (Å²) in [6.07, 6.45) is 2.52. The molecular formula is C10H22N2. The van der Waals surface area contributed by atoms with Crippen LogP contribution in [0.3, 0.4) is 0 Å². The van der Waals surface area contributed by atoms with E-state index >= 15 is 0 Å². The fraction of sp³-hybridized carbons (Fsp3) is 0.800. The van der Waals surface area contributed by atoms with Crippen molar-refractivity contribution in [2.24, 2.45) is 0 Å². The molecule has 0 atom stereocenters. The van der Waals surface area contributed by atoms with E-state index in [-0.39, 0.29) is 0 Å². The monoisotopic (exact) mass is 170 g/mol. The highest BCUT2D eigenvalue weighted by Crippen LogP contribution is 1.99. The molecule has 0 saturated carbocycles. The van der Waals surface area contributed by atoms with Gasteiger partial charge in [0.05, 0.1) is 0 Å². The maximum Gasteiger partial charge on any atom is 0.0171 e. The van der Waals surface area contributed by atoms with E-state index in [4.69, 9.17) is 0 Å². The molecule has 72 valence electrons. The van der Waals surface area contributed by atoms with Gasteiger partial charge in [-0.05, 0) is 40.4 Å². The molecule has 0 heterocycles. The quantitative estimate of drug-likeness (QED) is 0.561. The third-order valence-electron chi connectivity index (χ3n) is 2.00. The van der Waals surface area contributed by atoms with Crippen LogP contribution in [0.1, 0.15) is 19.8 Å². The highest BCUT2D eigenvalue weighted by molar-refractivity contribution is 4.85. The molecular weight excluding hydrogens is 148 g/mol. The number of hydrogen-bond donors (Lipinski definition) is 0. The zero-order chi connectivity index (χ0) is 9.56. The van der Waals surface area contributed by atoms with Gasteiger partial charge in [0.15, 0.2) is 0 Å². The normalized spacial score (nSPS) is 10.4. The Kier molecular flexibility index (Phi) is 5.81. The Labute approximate surface area is 76.9 Å². The fourth-order valence-electron chi connectivity index (χ4n) is 0.968. The van der Waals surface area contributed by atoms with Crippen LogP contribution in [-0.4, -0.2) is 44.0 Å². The molecule has 0 fully saturated rings. The number of hydrogen-bond acceptors (Lipinski definition) is 2. The second-order valence-electron chi connectivity index (χ2n) is 3.67. The Morgan fingerprint density at radius 3 is 2.00 bits per heavy atom. The van der Waals surface area contributed by atoms with Crippen LogP contribution in [0.2, 0.25) is 0 Å². The van der Waals surface area contributed by atoms with Gasteiger partial charge in [-0.1, -0.05) is 6.58 Å². The molecule has 0 spiro atoms. The van der Waals surface area contributed by atoms with E-state index in [1.165, 1.54) is 19.4 Å². The van der Waals surface area contributed by atoms with Crippen LogP contribution in [-0.2, 0) is 0 Å². The van der Waals surface area contributed by atoms with Crippen LogP contribution in [0.15, 0.2) is 12.3 Å². The third kappa shape index (κ3) is 6.23. The Morgan fingerprint density at radius 2 is 1.58 bits per heavy atom. The molecule has 0 aliphatic carbocycles. The van der Waals surface area contributed by atoms with Gasteiger partial charge in [-0.3, -0.25) is 0 Å². The van der Waals surface area contributed by atoms with E-state index in [0.29, 0.717) is 0 Å². The molecule has 0 rings (SSSR count). The summed E-state index contributed by atoms with van der Waals surface area (Å²) < 4.78 is 0. The minimum absolute atomic E-state index is 1.13. The minimum atomic E-state index is 1.13. The highest BCUT2D eigenvalue weighted by atomic mass is 15.1. The van der Waals surface area contributed by atoms with E-state index in [2.05, 4.69) is 37.5 Å². The first kappa shape index (κ1) is 11.5. The Bertz CT molecular complexity index is 130. The summed E-state index contributed by atoms with van der Waals surface area (Å²) in [5.74, 6) is 0. The average molecular weight is 170 g/mol. The molecule has 2 nitrogen and oxygen atoms in total. The van der Waals surface area contributed by atoms with E-state index < -0.39 is 0 Å². The lowest BCUT2D eigenvalue weighted by molar-refractivity contribution is 0.359. The second-order valence-corrected chi connectivity index (χ2v) is 3.67. The van der Waals surface area contributed by atoms with E-state index in [1.54, 1.807) is 0 Å². The SMILES string of the molecule is C=C(C)N(C)CCCCN(C)C. The predicted octanol–water partition coefficient (Wildman–Crippen LogP) is 1.79. The lowest BCUT2D eigenvalue weighted by Crippen LogP contribution is -2.19. The van der Waals surface area contributed by atoms with Gasteiger partial charge < -0.3 is 9.80 Å². The first-order chi connectivity index (χ1) is 5.54. The minimum Gasteiger partial charge on any atom is -0.379 e. The summed E-state index contributed by atoms with van der Waals surface area (Å²) in [4.78, 5) is 4.43. The zero-order valence-corrected chi connectivity index (χ0v) is 8.93. The van der Waals surface area contributed by atoms with Gasteiger partial charge in [0, 0.05) is 19.3 Å². The molecule has 0 aromatic carbocycles. The van der Waals surface area contributed by atoms with Gasteiger partial charge in [-0.25, -0.2) is 0 Å². The number of rotatable bonds is 6. The van der Waals surface area contributed by atoms with Crippen LogP contribution in [0, 0.1) is 0 Å². The predicted molar refractivity (Wildman–Crippen MR) is 55.2 cm³/mol. The van der Waals surface area contributed by atoms with Crippen LogP contribution in [0.4, 0.5) is 0 Å². The fourth-order valence-corrected chi connectivity index (χ4v) is 0.968. The molecule has 0 aromatic heterocycles. The summed E-state index contributed by atoms with van der Waals surface area (Å²) in [7, 11) is 6.32. The summed E-state index contributed by atoms with van der Waals surface area (Å²) in [5, 5.41) is 0. The van der Waals surface area contributed by atoms with Crippen molar-refractivity contribution in [3.05, 3.63) is 12.3 Å². The van der Waals surface area contributed by atoms with Crippen molar-refractivity contribution >= 4 is 0 Å². The summed E-state index contributed by atoms with van der Waals surface area (Å²) in [6, 6.07) is 0. The topological polar surface area (TPSA) is 6.48 Å². The molecule has 0 saturated heterocycles. The Morgan fingerprint density at radius 1 is 1.08 bits per heavy atom. The maximum absolute atomic E-state index is 3.88. The molecule has 0 amide bonds. The zero-order valence-electron chi connectivity index (χ0n) is 8.93. The van der Waals surface area contributed by atoms with Crippen molar-refractivity contribution in [2.45, 2.75) is 19.8 Å². The average Bonchev–Trinajstić information content (AvgIpc) is 1.97. The van der Waals surface area contributed by atoms with Gasteiger partial charge in [0.1, 0.15) is 0 Å². The van der Waals surface area contributed by atoms with E-state index in [9.17, 15) is 0 Å². The van der Waals surface area contributed by atoms with Crippen molar-refractivity contribution in [3.63, 3.8) is 0 Å². The van der Waals surface area contributed by atoms with E-state index in [0.717, 1.165) is 12.2 Å². The molecule has 0 aromatic rings. The molecule has 0 radical (unpaired) electrons. The van der Waals surface area contributed by atoms with Crippen LogP contribution in [0.25, 0.3) is 0 Å². The van der Waals surface area contributed by atoms with Crippen molar-refractivity contribution in [3.8, 4) is 0 Å². The van der Waals surface area contributed by atoms with Crippen molar-refractivity contribution < 1.29 is 0 Å². The standard InChI is InChI=1S/C10H22N2/c1-10(2)12(5)9-7-6-8-11(3)4/h1,6-9H2,2-5H3. The van der Waals surface area contributed by atoms with Crippen molar-refractivity contribution in [1.82, 2.24) is 9.80 Å². The van der Waals surface area contributed by atoms with Crippen LogP contribution < -0.4 is 0 Å². The van der Waals surface area contributed by atoms with Gasteiger partial charge in [-0.2, -0.15) is 0 Å². The lowest BCUT2D eigenvalue weighted by Gasteiger charge is -2.19. The largest absolute Gasteiger partial charge is 0.379 e. The number of nitrogens with zero attached hydrogens (tertiary/aromatic N) is 2. The summed E-state index contributed by atoms with van der Waals surface area (Å²) >= 11 is 0. The van der Waals surface area contributed by atoms with Gasteiger partial charge >= 0.3 is 0 Å². The summed E-state index contributed by atoms with van der Waals surface area (Å²) in [5.41, 5.74) is 1.15. The number of unbranched alkanes of at least 4 members (excludes halogenated alkanes) is 1. The highest BCUT2D eigenvalue weighted by Gasteiger charge is 1.96. The van der Waals surface area contributed by atoms with Gasteiger partial charge in [0.2, 0.25) is 0 Å². The third-order valence-corrected chi connectivity index (χ3v) is 2.00. The molecule has 12 heavy (non-hydrogen) atoms. The molecule has 0 bridgehead atoms. The molecule has 0 aliphatic rings. The maximum atomic E-state index is 3.88. The smallest absolute Gasteiger partial charge is 0.0171 e. The van der Waals surface area contributed by atoms with Gasteiger partial charge in [-0.15, -0.1) is 0 Å². The molecule has 0 N–H and O–H groups in total. The first-order valence-corrected chi connectivity index (χ1v) is 4.55. The van der Waals surface area contributed by atoms with Crippen LogP contribution in [0.5, 0.6) is 0 Å². The first-order valence-electron chi connectivity index (χ1n) is 4.55. The van der Waals surface area contributed by atoms with Gasteiger partial charge in [0.25, 0.3) is 0 Å². The molecule has 2 heteroatoms. The van der Waals surface area contributed by atoms with Crippen molar-refractivity contribution in [2.75, 3.05) is 34.2 Å². The lowest BCUT2D eigenvalue weighted by atomic mass is 10.3. The van der Waals surface area contributed by atoms with E-state index in [1.807, 2.05) is 6.92 Å². The van der Waals surface area contributed by atoms with Crippen LogP contribution >= 0.6 is 0 Å². The summed E-state index contributed by atoms with van der Waals surface area (Å²) in [6.45, 7) is 8.24.